The molecule has 0 spiro atoms. The number of benzene rings is 1. The summed E-state index contributed by atoms with van der Waals surface area (Å²) in [6, 6.07) is 10.8. The van der Waals surface area contributed by atoms with Crippen molar-refractivity contribution in [1.82, 2.24) is 9.78 Å². The number of alkyl halides is 1. The van der Waals surface area contributed by atoms with Crippen molar-refractivity contribution in [3.8, 4) is 5.75 Å². The third-order valence-corrected chi connectivity index (χ3v) is 4.46. The van der Waals surface area contributed by atoms with Crippen LogP contribution >= 0.6 is 15.9 Å². The zero-order valence-corrected chi connectivity index (χ0v) is 13.1. The van der Waals surface area contributed by atoms with Gasteiger partial charge in [0, 0.05) is 17.1 Å². The molecule has 1 aliphatic carbocycles. The summed E-state index contributed by atoms with van der Waals surface area (Å²) in [5, 5.41) is 5.45. The summed E-state index contributed by atoms with van der Waals surface area (Å²) < 4.78 is 8.00. The number of rotatable bonds is 5. The Bertz CT molecular complexity index is 561. The van der Waals surface area contributed by atoms with Gasteiger partial charge in [0.05, 0.1) is 11.7 Å². The molecule has 0 aliphatic heterocycles. The maximum absolute atomic E-state index is 5.88. The third kappa shape index (κ3) is 3.06. The summed E-state index contributed by atoms with van der Waals surface area (Å²) in [6.07, 6.45) is 7.26. The van der Waals surface area contributed by atoms with Gasteiger partial charge in [0.2, 0.25) is 0 Å². The Morgan fingerprint density at radius 3 is 2.80 bits per heavy atom. The Balaban J connectivity index is 1.63. The molecule has 4 heteroatoms. The molecule has 0 saturated heterocycles. The molecule has 0 amide bonds. The van der Waals surface area contributed by atoms with Gasteiger partial charge in [0.25, 0.3) is 0 Å². The van der Waals surface area contributed by atoms with E-state index in [-0.39, 0.29) is 0 Å². The van der Waals surface area contributed by atoms with Crippen LogP contribution in [-0.4, -0.2) is 9.78 Å². The summed E-state index contributed by atoms with van der Waals surface area (Å²) in [4.78, 5) is 0. The standard InChI is InChI=1S/C16H19BrN2O/c17-11-13-5-1-4-8-16(13)20-12-14-9-10-19(18-14)15-6-2-3-7-15/h1,4-5,8-10,15H,2-3,6-7,11-12H2. The molecule has 1 saturated carbocycles. The number of ether oxygens (including phenoxy) is 1. The number of hydrogen-bond donors (Lipinski definition) is 0. The van der Waals surface area contributed by atoms with Crippen LogP contribution in [0.15, 0.2) is 36.5 Å². The van der Waals surface area contributed by atoms with Crippen LogP contribution in [-0.2, 0) is 11.9 Å². The molecule has 1 fully saturated rings. The van der Waals surface area contributed by atoms with Crippen molar-refractivity contribution in [2.75, 3.05) is 0 Å². The first-order valence-electron chi connectivity index (χ1n) is 7.17. The molecule has 3 nitrogen and oxygen atoms in total. The fraction of sp³-hybridized carbons (Fsp3) is 0.438. The second kappa shape index (κ2) is 6.44. The Labute approximate surface area is 128 Å². The Morgan fingerprint density at radius 1 is 1.20 bits per heavy atom. The zero-order chi connectivity index (χ0) is 13.8. The van der Waals surface area contributed by atoms with Crippen LogP contribution in [0.4, 0.5) is 0 Å². The maximum Gasteiger partial charge on any atom is 0.132 e. The fourth-order valence-corrected chi connectivity index (χ4v) is 3.20. The van der Waals surface area contributed by atoms with Gasteiger partial charge >= 0.3 is 0 Å². The van der Waals surface area contributed by atoms with Crippen molar-refractivity contribution in [2.45, 2.75) is 43.7 Å². The summed E-state index contributed by atoms with van der Waals surface area (Å²) in [5.41, 5.74) is 2.17. The zero-order valence-electron chi connectivity index (χ0n) is 11.5. The first-order valence-corrected chi connectivity index (χ1v) is 8.29. The molecule has 1 aromatic carbocycles. The van der Waals surface area contributed by atoms with Crippen LogP contribution in [0.3, 0.4) is 0 Å². The first-order chi connectivity index (χ1) is 9.86. The van der Waals surface area contributed by atoms with Gasteiger partial charge in [-0.25, -0.2) is 0 Å². The molecule has 0 atom stereocenters. The topological polar surface area (TPSA) is 27.1 Å². The highest BCUT2D eigenvalue weighted by Gasteiger charge is 2.17. The van der Waals surface area contributed by atoms with Crippen molar-refractivity contribution in [3.05, 3.63) is 47.8 Å². The molecule has 2 aromatic rings. The van der Waals surface area contributed by atoms with Crippen molar-refractivity contribution in [1.29, 1.82) is 0 Å². The van der Waals surface area contributed by atoms with E-state index in [1.807, 2.05) is 18.2 Å². The number of nitrogens with zero attached hydrogens (tertiary/aromatic N) is 2. The lowest BCUT2D eigenvalue weighted by Gasteiger charge is -2.10. The fourth-order valence-electron chi connectivity index (χ4n) is 2.73. The van der Waals surface area contributed by atoms with Crippen molar-refractivity contribution >= 4 is 15.9 Å². The van der Waals surface area contributed by atoms with Crippen molar-refractivity contribution < 1.29 is 4.74 Å². The lowest BCUT2D eigenvalue weighted by Crippen LogP contribution is -2.06. The maximum atomic E-state index is 5.88. The van der Waals surface area contributed by atoms with Crippen LogP contribution in [0, 0.1) is 0 Å². The Hall–Kier alpha value is -1.29. The van der Waals surface area contributed by atoms with Crippen LogP contribution in [0.25, 0.3) is 0 Å². The van der Waals surface area contributed by atoms with Crippen LogP contribution in [0.1, 0.15) is 43.0 Å². The normalized spacial score (nSPS) is 15.7. The molecule has 0 bridgehead atoms. The van der Waals surface area contributed by atoms with Gasteiger partial charge in [-0.15, -0.1) is 0 Å². The summed E-state index contributed by atoms with van der Waals surface area (Å²) in [6.45, 7) is 0.531. The van der Waals surface area contributed by atoms with Gasteiger partial charge in [0.15, 0.2) is 0 Å². The Kier molecular flexibility index (Phi) is 4.41. The second-order valence-electron chi connectivity index (χ2n) is 5.26. The van der Waals surface area contributed by atoms with E-state index in [4.69, 9.17) is 4.74 Å². The minimum absolute atomic E-state index is 0.531. The lowest BCUT2D eigenvalue weighted by molar-refractivity contribution is 0.296. The quantitative estimate of drug-likeness (QED) is 0.754. The van der Waals surface area contributed by atoms with Crippen LogP contribution < -0.4 is 4.74 Å². The van der Waals surface area contributed by atoms with E-state index in [0.29, 0.717) is 12.6 Å². The highest BCUT2D eigenvalue weighted by Crippen LogP contribution is 2.29. The molecule has 3 rings (SSSR count). The van der Waals surface area contributed by atoms with E-state index >= 15 is 0 Å². The van der Waals surface area contributed by atoms with E-state index in [1.165, 1.54) is 31.2 Å². The van der Waals surface area contributed by atoms with Gasteiger partial charge in [-0.2, -0.15) is 5.10 Å². The molecule has 106 valence electrons. The van der Waals surface area contributed by atoms with Gasteiger partial charge in [0.1, 0.15) is 12.4 Å². The molecular formula is C16H19BrN2O. The van der Waals surface area contributed by atoms with Crippen molar-refractivity contribution in [3.63, 3.8) is 0 Å². The highest BCUT2D eigenvalue weighted by atomic mass is 79.9. The van der Waals surface area contributed by atoms with E-state index in [2.05, 4.69) is 44.0 Å². The largest absolute Gasteiger partial charge is 0.487 e. The number of hydrogen-bond acceptors (Lipinski definition) is 2. The molecule has 0 N–H and O–H groups in total. The van der Waals surface area contributed by atoms with E-state index in [9.17, 15) is 0 Å². The molecule has 1 aliphatic rings. The van der Waals surface area contributed by atoms with Gasteiger partial charge < -0.3 is 4.74 Å². The minimum atomic E-state index is 0.531. The summed E-state index contributed by atoms with van der Waals surface area (Å²) in [7, 11) is 0. The summed E-state index contributed by atoms with van der Waals surface area (Å²) in [5.74, 6) is 0.930. The molecular weight excluding hydrogens is 316 g/mol. The summed E-state index contributed by atoms with van der Waals surface area (Å²) >= 11 is 3.48. The minimum Gasteiger partial charge on any atom is -0.487 e. The highest BCUT2D eigenvalue weighted by molar-refractivity contribution is 9.08. The molecule has 1 aromatic heterocycles. The smallest absolute Gasteiger partial charge is 0.132 e. The third-order valence-electron chi connectivity index (χ3n) is 3.85. The molecule has 1 heterocycles. The second-order valence-corrected chi connectivity index (χ2v) is 5.82. The van der Waals surface area contributed by atoms with Gasteiger partial charge in [-0.3, -0.25) is 4.68 Å². The van der Waals surface area contributed by atoms with Gasteiger partial charge in [-0.05, 0) is 25.0 Å². The number of para-hydroxylation sites is 1. The van der Waals surface area contributed by atoms with Crippen LogP contribution in [0.2, 0.25) is 0 Å². The average molecular weight is 335 g/mol. The first kappa shape index (κ1) is 13.7. The Morgan fingerprint density at radius 2 is 2.00 bits per heavy atom. The number of aromatic nitrogens is 2. The van der Waals surface area contributed by atoms with E-state index in [1.54, 1.807) is 0 Å². The predicted octanol–water partition coefficient (Wildman–Crippen LogP) is 4.47. The van der Waals surface area contributed by atoms with E-state index in [0.717, 1.165) is 16.8 Å². The van der Waals surface area contributed by atoms with Crippen molar-refractivity contribution in [2.24, 2.45) is 0 Å². The molecule has 0 radical (unpaired) electrons. The SMILES string of the molecule is BrCc1ccccc1OCc1ccn(C2CCCC2)n1. The molecule has 0 unspecified atom stereocenters. The predicted molar refractivity (Wildman–Crippen MR) is 83.1 cm³/mol. The van der Waals surface area contributed by atoms with Gasteiger partial charge in [-0.1, -0.05) is 47.0 Å². The molecule has 20 heavy (non-hydrogen) atoms. The monoisotopic (exact) mass is 334 g/mol. The van der Waals surface area contributed by atoms with E-state index < -0.39 is 0 Å². The van der Waals surface area contributed by atoms with Crippen LogP contribution in [0.5, 0.6) is 5.75 Å². The average Bonchev–Trinajstić information content (AvgIpc) is 3.16. The number of halogens is 1. The lowest BCUT2D eigenvalue weighted by atomic mass is 10.2.